The lowest BCUT2D eigenvalue weighted by atomic mass is 9.76. The largest absolute Gasteiger partial charge is 0.586 e. The summed E-state index contributed by atoms with van der Waals surface area (Å²) in [7, 11) is 1.55. The number of hydrogen-bond acceptors (Lipinski definition) is 7. The van der Waals surface area contributed by atoms with E-state index in [1.807, 2.05) is 6.07 Å². The summed E-state index contributed by atoms with van der Waals surface area (Å²) in [6.45, 7) is 1.71. The second kappa shape index (κ2) is 9.67. The van der Waals surface area contributed by atoms with Crippen LogP contribution in [0.2, 0.25) is 0 Å². The molecule has 0 aromatic heterocycles. The smallest absolute Gasteiger partial charge is 0.495 e. The number of carbonyl (C=O) groups excluding carboxylic acids is 1. The Hall–Kier alpha value is -3.28. The highest BCUT2D eigenvalue weighted by molar-refractivity contribution is 9.10. The van der Waals surface area contributed by atoms with Crippen LogP contribution < -0.4 is 29.0 Å². The van der Waals surface area contributed by atoms with Crippen molar-refractivity contribution in [1.82, 2.24) is 5.32 Å². The van der Waals surface area contributed by atoms with Gasteiger partial charge >= 0.3 is 12.3 Å². The number of carboxylic acid groups (broad SMARTS) is 1. The summed E-state index contributed by atoms with van der Waals surface area (Å²) in [5, 5.41) is 12.6. The Morgan fingerprint density at radius 2 is 1.75 bits per heavy atom. The fourth-order valence-corrected chi connectivity index (χ4v) is 6.67. The van der Waals surface area contributed by atoms with Crippen molar-refractivity contribution in [2.45, 2.75) is 62.9 Å². The van der Waals surface area contributed by atoms with Crippen molar-refractivity contribution in [3.05, 3.63) is 39.9 Å². The van der Waals surface area contributed by atoms with E-state index in [-0.39, 0.29) is 47.7 Å². The van der Waals surface area contributed by atoms with Crippen LogP contribution in [0, 0.1) is 11.8 Å². The Bertz CT molecular complexity index is 1380. The second-order valence-electron chi connectivity index (χ2n) is 11.0. The maximum Gasteiger partial charge on any atom is 0.586 e. The van der Waals surface area contributed by atoms with Crippen LogP contribution in [0.3, 0.4) is 0 Å². The summed E-state index contributed by atoms with van der Waals surface area (Å²) in [5.74, 6) is -0.184. The van der Waals surface area contributed by atoms with Crippen molar-refractivity contribution in [3.63, 3.8) is 0 Å². The molecule has 2 aromatic rings. The van der Waals surface area contributed by atoms with Crippen LogP contribution in [0.5, 0.6) is 28.7 Å². The Morgan fingerprint density at radius 3 is 2.42 bits per heavy atom. The fraction of sp³-hybridized carbons (Fsp3) is 0.500. The molecule has 1 amide bonds. The summed E-state index contributed by atoms with van der Waals surface area (Å²) in [5.41, 5.74) is 0.0179. The average Bonchev–Trinajstić information content (AvgIpc) is 3.41. The number of ether oxygens (including phenoxy) is 5. The minimum absolute atomic E-state index is 0.0124. The molecule has 0 unspecified atom stereocenters. The van der Waals surface area contributed by atoms with Gasteiger partial charge in [0.2, 0.25) is 5.91 Å². The molecule has 4 aliphatic rings. The molecule has 1 aliphatic carbocycles. The minimum atomic E-state index is -3.78. The Labute approximate surface area is 237 Å². The Balaban J connectivity index is 1.27. The van der Waals surface area contributed by atoms with Gasteiger partial charge < -0.3 is 34.1 Å². The molecule has 3 heterocycles. The van der Waals surface area contributed by atoms with Gasteiger partial charge in [0.15, 0.2) is 11.5 Å². The van der Waals surface area contributed by atoms with Crippen LogP contribution in [0.4, 0.5) is 8.78 Å². The number of nitrogens with one attached hydrogen (secondary N) is 1. The van der Waals surface area contributed by atoms with Gasteiger partial charge in [-0.2, -0.15) is 0 Å². The highest BCUT2D eigenvalue weighted by Crippen LogP contribution is 2.51. The zero-order chi connectivity index (χ0) is 28.4. The molecular weight excluding hydrogens is 596 g/mol. The molecular formula is C28H28BrF2NO8. The summed E-state index contributed by atoms with van der Waals surface area (Å²) in [6.07, 6.45) is -0.964. The summed E-state index contributed by atoms with van der Waals surface area (Å²) in [6, 6.07) is 5.91. The SMILES string of the molecule is COc1cc2c(cc1Br)[C@H](NC(=O)[C@@]1(C)COc3cc4c(cc31)OC(F)(F)O4)C[C@H](C1CCC(C(=O)O)CC1)O2. The quantitative estimate of drug-likeness (QED) is 0.460. The number of methoxy groups -OCH3 is 1. The maximum absolute atomic E-state index is 13.9. The highest BCUT2D eigenvalue weighted by atomic mass is 79.9. The standard InChI is InChI=1S/C28H28BrF2NO8/c1-27(12-37-21-11-24-23(8-16(21)27)39-28(30,31)40-24)26(35)32-18-9-19(13-3-5-14(6-4-13)25(33)34)38-20-10-22(36-2)17(29)7-15(18)20/h7-8,10-11,13-14,18-19H,3-6,9,12H2,1-2H3,(H,32,35)(H,33,34)/t13?,14?,18-,19-,27+/m1/s1. The monoisotopic (exact) mass is 623 g/mol. The van der Waals surface area contributed by atoms with E-state index in [1.165, 1.54) is 12.1 Å². The first kappa shape index (κ1) is 26.9. The molecule has 214 valence electrons. The van der Waals surface area contributed by atoms with Gasteiger partial charge in [-0.1, -0.05) is 0 Å². The van der Waals surface area contributed by atoms with Gasteiger partial charge in [-0.3, -0.25) is 9.59 Å². The number of carbonyl (C=O) groups is 2. The lowest BCUT2D eigenvalue weighted by molar-refractivity contribution is -0.286. The first-order valence-corrected chi connectivity index (χ1v) is 13.9. The van der Waals surface area contributed by atoms with Gasteiger partial charge in [-0.15, -0.1) is 8.78 Å². The van der Waals surface area contributed by atoms with Crippen molar-refractivity contribution in [2.24, 2.45) is 11.8 Å². The zero-order valence-electron chi connectivity index (χ0n) is 21.8. The first-order chi connectivity index (χ1) is 19.0. The number of carboxylic acids is 1. The van der Waals surface area contributed by atoms with E-state index < -0.39 is 23.7 Å². The van der Waals surface area contributed by atoms with Gasteiger partial charge in [-0.25, -0.2) is 0 Å². The number of fused-ring (bicyclic) bond motifs is 3. The van der Waals surface area contributed by atoms with Crippen LogP contribution >= 0.6 is 15.9 Å². The van der Waals surface area contributed by atoms with E-state index in [4.69, 9.17) is 14.2 Å². The summed E-state index contributed by atoms with van der Waals surface area (Å²) < 4.78 is 54.8. The Morgan fingerprint density at radius 1 is 1.05 bits per heavy atom. The molecule has 0 radical (unpaired) electrons. The third kappa shape index (κ3) is 4.59. The molecule has 6 rings (SSSR count). The Kier molecular flexibility index (Phi) is 6.51. The summed E-state index contributed by atoms with van der Waals surface area (Å²) >= 11 is 3.52. The van der Waals surface area contributed by atoms with Gasteiger partial charge in [-0.05, 0) is 66.6 Å². The fourth-order valence-electron chi connectivity index (χ4n) is 6.15. The van der Waals surface area contributed by atoms with Crippen LogP contribution in [0.15, 0.2) is 28.7 Å². The number of hydrogen-bond donors (Lipinski definition) is 2. The molecule has 12 heteroatoms. The van der Waals surface area contributed by atoms with Gasteiger partial charge in [0.25, 0.3) is 0 Å². The predicted molar refractivity (Wildman–Crippen MR) is 139 cm³/mol. The molecule has 3 aliphatic heterocycles. The number of aliphatic carboxylic acids is 1. The molecule has 0 spiro atoms. The first-order valence-electron chi connectivity index (χ1n) is 13.1. The number of halogens is 3. The number of alkyl halides is 2. The van der Waals surface area contributed by atoms with E-state index in [0.29, 0.717) is 53.6 Å². The van der Waals surface area contributed by atoms with E-state index in [1.54, 1.807) is 20.1 Å². The van der Waals surface area contributed by atoms with Crippen molar-refractivity contribution in [2.75, 3.05) is 13.7 Å². The van der Waals surface area contributed by atoms with Crippen LogP contribution in [-0.2, 0) is 15.0 Å². The topological polar surface area (TPSA) is 113 Å². The number of benzene rings is 2. The van der Waals surface area contributed by atoms with Crippen LogP contribution in [-0.4, -0.2) is 43.1 Å². The lowest BCUT2D eigenvalue weighted by Gasteiger charge is -2.40. The van der Waals surface area contributed by atoms with Gasteiger partial charge in [0, 0.05) is 29.7 Å². The highest BCUT2D eigenvalue weighted by Gasteiger charge is 2.49. The molecule has 1 fully saturated rings. The second-order valence-corrected chi connectivity index (χ2v) is 11.8. The van der Waals surface area contributed by atoms with E-state index >= 15 is 0 Å². The molecule has 3 atom stereocenters. The van der Waals surface area contributed by atoms with E-state index in [9.17, 15) is 23.5 Å². The predicted octanol–water partition coefficient (Wildman–Crippen LogP) is 5.33. The molecule has 0 saturated heterocycles. The number of rotatable bonds is 5. The van der Waals surface area contributed by atoms with Gasteiger partial charge in [0.1, 0.15) is 35.4 Å². The van der Waals surface area contributed by atoms with Crippen LogP contribution in [0.25, 0.3) is 0 Å². The lowest BCUT2D eigenvalue weighted by Crippen LogP contribution is -2.47. The van der Waals surface area contributed by atoms with Crippen molar-refractivity contribution >= 4 is 27.8 Å². The molecule has 0 bridgehead atoms. The minimum Gasteiger partial charge on any atom is -0.495 e. The van der Waals surface area contributed by atoms with Crippen LogP contribution in [0.1, 0.15) is 56.2 Å². The summed E-state index contributed by atoms with van der Waals surface area (Å²) in [4.78, 5) is 25.3. The number of amides is 1. The normalized spacial score (nSPS) is 29.4. The molecule has 40 heavy (non-hydrogen) atoms. The maximum atomic E-state index is 13.9. The third-order valence-electron chi connectivity index (χ3n) is 8.47. The molecule has 1 saturated carbocycles. The van der Waals surface area contributed by atoms with E-state index in [0.717, 1.165) is 5.56 Å². The molecule has 2 aromatic carbocycles. The third-order valence-corrected chi connectivity index (χ3v) is 9.09. The van der Waals surface area contributed by atoms with Gasteiger partial charge in [0.05, 0.1) is 23.5 Å². The van der Waals surface area contributed by atoms with Crippen molar-refractivity contribution in [3.8, 4) is 28.7 Å². The average molecular weight is 624 g/mol. The van der Waals surface area contributed by atoms with Crippen molar-refractivity contribution in [1.29, 1.82) is 0 Å². The van der Waals surface area contributed by atoms with E-state index in [2.05, 4.69) is 30.7 Å². The van der Waals surface area contributed by atoms with Crippen molar-refractivity contribution < 1.29 is 47.2 Å². The zero-order valence-corrected chi connectivity index (χ0v) is 23.4. The molecule has 9 nitrogen and oxygen atoms in total. The molecule has 2 N–H and O–H groups in total.